The van der Waals surface area contributed by atoms with Crippen molar-refractivity contribution in [2.75, 3.05) is 24.7 Å². The third kappa shape index (κ3) is 2.36. The Morgan fingerprint density at radius 2 is 2.09 bits per heavy atom. The zero-order chi connectivity index (χ0) is 14.9. The lowest BCUT2D eigenvalue weighted by Crippen LogP contribution is -2.46. The molecule has 22 heavy (non-hydrogen) atoms. The molecule has 3 atom stereocenters. The summed E-state index contributed by atoms with van der Waals surface area (Å²) < 4.78 is 5.64. The number of anilines is 1. The normalized spacial score (nSPS) is 29.1. The minimum absolute atomic E-state index is 0.211. The SMILES string of the molecule is OC1CCOCC1C1CCCN1c1ccnc2ccccc12. The molecule has 2 aliphatic rings. The van der Waals surface area contributed by atoms with E-state index in [1.165, 1.54) is 17.5 Å². The van der Waals surface area contributed by atoms with Crippen LogP contribution < -0.4 is 4.90 Å². The predicted octanol–water partition coefficient (Wildman–Crippen LogP) is 2.60. The highest BCUT2D eigenvalue weighted by atomic mass is 16.5. The van der Waals surface area contributed by atoms with E-state index in [0.29, 0.717) is 19.3 Å². The van der Waals surface area contributed by atoms with Gasteiger partial charge in [-0.3, -0.25) is 4.98 Å². The third-order valence-corrected chi connectivity index (χ3v) is 5.09. The molecular weight excluding hydrogens is 276 g/mol. The van der Waals surface area contributed by atoms with Crippen LogP contribution in [0, 0.1) is 5.92 Å². The van der Waals surface area contributed by atoms with Crippen LogP contribution in [0.3, 0.4) is 0 Å². The summed E-state index contributed by atoms with van der Waals surface area (Å²) in [5, 5.41) is 11.6. The Balaban J connectivity index is 1.70. The van der Waals surface area contributed by atoms with Crippen molar-refractivity contribution in [1.82, 2.24) is 4.98 Å². The first kappa shape index (κ1) is 14.0. The summed E-state index contributed by atoms with van der Waals surface area (Å²) in [7, 11) is 0. The number of ether oxygens (including phenoxy) is 1. The van der Waals surface area contributed by atoms with Gasteiger partial charge in [-0.1, -0.05) is 18.2 Å². The van der Waals surface area contributed by atoms with Gasteiger partial charge >= 0.3 is 0 Å². The summed E-state index contributed by atoms with van der Waals surface area (Å²) in [6.07, 6.45) is 4.70. The number of hydrogen-bond acceptors (Lipinski definition) is 4. The molecule has 0 radical (unpaired) electrons. The van der Waals surface area contributed by atoms with Gasteiger partial charge in [0.2, 0.25) is 0 Å². The molecule has 4 heteroatoms. The van der Waals surface area contributed by atoms with Crippen LogP contribution in [-0.2, 0) is 4.74 Å². The number of hydrogen-bond donors (Lipinski definition) is 1. The Hall–Kier alpha value is -1.65. The number of pyridine rings is 1. The molecule has 2 fully saturated rings. The van der Waals surface area contributed by atoms with Crippen LogP contribution in [0.4, 0.5) is 5.69 Å². The molecule has 4 nitrogen and oxygen atoms in total. The number of fused-ring (bicyclic) bond motifs is 1. The van der Waals surface area contributed by atoms with Gasteiger partial charge in [-0.05, 0) is 31.4 Å². The van der Waals surface area contributed by atoms with Crippen LogP contribution in [0.2, 0.25) is 0 Å². The summed E-state index contributed by atoms with van der Waals surface area (Å²) in [6, 6.07) is 10.8. The summed E-state index contributed by atoms with van der Waals surface area (Å²) >= 11 is 0. The van der Waals surface area contributed by atoms with Crippen molar-refractivity contribution in [3.8, 4) is 0 Å². The molecule has 0 bridgehead atoms. The van der Waals surface area contributed by atoms with Crippen LogP contribution in [-0.4, -0.2) is 42.0 Å². The molecule has 2 aliphatic heterocycles. The topological polar surface area (TPSA) is 45.6 Å². The molecule has 1 aromatic heterocycles. The number of rotatable bonds is 2. The van der Waals surface area contributed by atoms with E-state index in [4.69, 9.17) is 4.74 Å². The second-order valence-electron chi connectivity index (χ2n) is 6.34. The maximum atomic E-state index is 10.4. The average Bonchev–Trinajstić information content (AvgIpc) is 3.04. The zero-order valence-corrected chi connectivity index (χ0v) is 12.7. The van der Waals surface area contributed by atoms with Crippen LogP contribution in [0.1, 0.15) is 19.3 Å². The van der Waals surface area contributed by atoms with Crippen molar-refractivity contribution < 1.29 is 9.84 Å². The first-order chi connectivity index (χ1) is 10.8. The van der Waals surface area contributed by atoms with Crippen molar-refractivity contribution in [3.63, 3.8) is 0 Å². The number of aromatic nitrogens is 1. The van der Waals surface area contributed by atoms with Gasteiger partial charge in [0, 0.05) is 42.4 Å². The number of nitrogens with zero attached hydrogens (tertiary/aromatic N) is 2. The maximum absolute atomic E-state index is 10.4. The first-order valence-corrected chi connectivity index (χ1v) is 8.21. The molecule has 2 saturated heterocycles. The van der Waals surface area contributed by atoms with Gasteiger partial charge in [0.05, 0.1) is 18.2 Å². The van der Waals surface area contributed by atoms with Crippen LogP contribution >= 0.6 is 0 Å². The summed E-state index contributed by atoms with van der Waals surface area (Å²) in [5.41, 5.74) is 2.27. The highest BCUT2D eigenvalue weighted by Gasteiger charge is 2.38. The van der Waals surface area contributed by atoms with Crippen molar-refractivity contribution in [1.29, 1.82) is 0 Å². The van der Waals surface area contributed by atoms with Crippen LogP contribution in [0.15, 0.2) is 36.5 Å². The van der Waals surface area contributed by atoms with E-state index < -0.39 is 0 Å². The van der Waals surface area contributed by atoms with Crippen molar-refractivity contribution in [2.45, 2.75) is 31.4 Å². The van der Waals surface area contributed by atoms with Crippen molar-refractivity contribution in [3.05, 3.63) is 36.5 Å². The molecule has 0 saturated carbocycles. The molecule has 3 heterocycles. The van der Waals surface area contributed by atoms with Gasteiger partial charge in [0.15, 0.2) is 0 Å². The molecule has 0 aliphatic carbocycles. The fraction of sp³-hybridized carbons (Fsp3) is 0.500. The first-order valence-electron chi connectivity index (χ1n) is 8.21. The van der Waals surface area contributed by atoms with Gasteiger partial charge < -0.3 is 14.7 Å². The summed E-state index contributed by atoms with van der Waals surface area (Å²) in [6.45, 7) is 2.40. The lowest BCUT2D eigenvalue weighted by molar-refractivity contribution is -0.0437. The number of aliphatic hydroxyl groups excluding tert-OH is 1. The fourth-order valence-corrected chi connectivity index (χ4v) is 3.98. The molecule has 116 valence electrons. The Kier molecular flexibility index (Phi) is 3.72. The van der Waals surface area contributed by atoms with E-state index in [1.54, 1.807) is 0 Å². The quantitative estimate of drug-likeness (QED) is 0.925. The van der Waals surface area contributed by atoms with E-state index in [-0.39, 0.29) is 12.0 Å². The lowest BCUT2D eigenvalue weighted by Gasteiger charge is -2.38. The molecule has 0 amide bonds. The van der Waals surface area contributed by atoms with E-state index in [1.807, 2.05) is 12.3 Å². The van der Waals surface area contributed by atoms with E-state index in [0.717, 1.165) is 24.9 Å². The van der Waals surface area contributed by atoms with Gasteiger partial charge in [-0.25, -0.2) is 0 Å². The van der Waals surface area contributed by atoms with E-state index in [9.17, 15) is 5.11 Å². The third-order valence-electron chi connectivity index (χ3n) is 5.09. The highest BCUT2D eigenvalue weighted by molar-refractivity contribution is 5.91. The van der Waals surface area contributed by atoms with Crippen molar-refractivity contribution in [2.24, 2.45) is 5.92 Å². The van der Waals surface area contributed by atoms with Gasteiger partial charge in [0.1, 0.15) is 0 Å². The molecule has 4 rings (SSSR count). The Morgan fingerprint density at radius 1 is 1.18 bits per heavy atom. The fourth-order valence-electron chi connectivity index (χ4n) is 3.98. The molecule has 2 aromatic rings. The van der Waals surface area contributed by atoms with Gasteiger partial charge in [-0.15, -0.1) is 0 Å². The van der Waals surface area contributed by atoms with Crippen LogP contribution in [0.25, 0.3) is 10.9 Å². The standard InChI is InChI=1S/C18H22N2O2/c21-18-8-11-22-12-14(18)16-6-3-10-20(16)17-7-9-19-15-5-2-1-4-13(15)17/h1-2,4-5,7,9,14,16,18,21H,3,6,8,10-12H2. The van der Waals surface area contributed by atoms with E-state index >= 15 is 0 Å². The Bertz CT molecular complexity index is 655. The summed E-state index contributed by atoms with van der Waals surface area (Å²) in [4.78, 5) is 6.93. The molecule has 1 aromatic carbocycles. The maximum Gasteiger partial charge on any atom is 0.0722 e. The Labute approximate surface area is 130 Å². The second kappa shape index (κ2) is 5.86. The molecular formula is C18H22N2O2. The number of para-hydroxylation sites is 1. The second-order valence-corrected chi connectivity index (χ2v) is 6.34. The minimum atomic E-state index is -0.243. The van der Waals surface area contributed by atoms with Crippen LogP contribution in [0.5, 0.6) is 0 Å². The summed E-state index contributed by atoms with van der Waals surface area (Å²) in [5.74, 6) is 0.211. The number of benzene rings is 1. The average molecular weight is 298 g/mol. The highest BCUT2D eigenvalue weighted by Crippen LogP contribution is 2.36. The molecule has 3 unspecified atom stereocenters. The number of aliphatic hydroxyl groups is 1. The largest absolute Gasteiger partial charge is 0.393 e. The minimum Gasteiger partial charge on any atom is -0.393 e. The van der Waals surface area contributed by atoms with E-state index in [2.05, 4.69) is 34.1 Å². The smallest absolute Gasteiger partial charge is 0.0722 e. The molecule has 0 spiro atoms. The van der Waals surface area contributed by atoms with Gasteiger partial charge in [-0.2, -0.15) is 0 Å². The van der Waals surface area contributed by atoms with Gasteiger partial charge in [0.25, 0.3) is 0 Å². The lowest BCUT2D eigenvalue weighted by atomic mass is 9.89. The van der Waals surface area contributed by atoms with Crippen molar-refractivity contribution >= 4 is 16.6 Å². The molecule has 1 N–H and O–H groups in total. The predicted molar refractivity (Wildman–Crippen MR) is 87.0 cm³/mol. The monoisotopic (exact) mass is 298 g/mol. The Morgan fingerprint density at radius 3 is 3.00 bits per heavy atom. The zero-order valence-electron chi connectivity index (χ0n) is 12.7.